The Morgan fingerprint density at radius 1 is 1.16 bits per heavy atom. The highest BCUT2D eigenvalue weighted by Gasteiger charge is 2.26. The molecule has 3 aromatic rings. The van der Waals surface area contributed by atoms with E-state index in [0.717, 1.165) is 24.6 Å². The zero-order valence-corrected chi connectivity index (χ0v) is 17.1. The van der Waals surface area contributed by atoms with Crippen LogP contribution in [0.2, 0.25) is 0 Å². The monoisotopic (exact) mass is 453 g/mol. The molecule has 31 heavy (non-hydrogen) atoms. The van der Waals surface area contributed by atoms with Crippen molar-refractivity contribution in [2.45, 2.75) is 30.1 Å². The fourth-order valence-electron chi connectivity index (χ4n) is 3.11. The molecule has 7 nitrogen and oxygen atoms in total. The number of nitrogens with zero attached hydrogens (tertiary/aromatic N) is 2. The minimum Gasteiger partial charge on any atom is -0.479 e. The molecule has 0 saturated heterocycles. The molecule has 2 aromatic heterocycles. The number of nitrogens with one attached hydrogen (secondary N) is 1. The molecule has 11 heteroatoms. The molecule has 0 atom stereocenters. The van der Waals surface area contributed by atoms with E-state index in [1.165, 1.54) is 13.2 Å². The van der Waals surface area contributed by atoms with Gasteiger partial charge >= 0.3 is 0 Å². The summed E-state index contributed by atoms with van der Waals surface area (Å²) in [5.41, 5.74) is 1.14. The Labute approximate surface area is 176 Å². The summed E-state index contributed by atoms with van der Waals surface area (Å²) in [6, 6.07) is 8.95. The van der Waals surface area contributed by atoms with Gasteiger partial charge in [-0.25, -0.2) is 21.6 Å². The first-order chi connectivity index (χ1) is 14.8. The van der Waals surface area contributed by atoms with Crippen LogP contribution in [0.15, 0.2) is 41.3 Å². The van der Waals surface area contributed by atoms with Gasteiger partial charge in [-0.1, -0.05) is 6.07 Å². The number of hydrogen-bond acceptors (Lipinski definition) is 6. The number of aromatic nitrogens is 2. The number of fused-ring (bicyclic) bond motifs is 1. The van der Waals surface area contributed by atoms with Crippen molar-refractivity contribution in [2.75, 3.05) is 18.4 Å². The number of halogens is 3. The van der Waals surface area contributed by atoms with Crippen molar-refractivity contribution in [1.82, 2.24) is 9.97 Å². The number of sulfonamides is 1. The van der Waals surface area contributed by atoms with E-state index in [4.69, 9.17) is 4.74 Å². The second-order valence-corrected chi connectivity index (χ2v) is 8.62. The smallest absolute Gasteiger partial charge is 0.272 e. The topological polar surface area (TPSA) is 90.4 Å². The number of hydrogen-bond donors (Lipinski definition) is 1. The predicted octanol–water partition coefficient (Wildman–Crippen LogP) is 4.10. The normalized spacial score (nSPS) is 14.1. The fourth-order valence-corrected chi connectivity index (χ4v) is 4.38. The molecule has 1 fully saturated rings. The molecule has 0 amide bonds. The summed E-state index contributed by atoms with van der Waals surface area (Å²) in [6.07, 6.45) is -0.702. The zero-order valence-electron chi connectivity index (χ0n) is 16.3. The van der Waals surface area contributed by atoms with E-state index >= 15 is 0 Å². The van der Waals surface area contributed by atoms with E-state index in [2.05, 4.69) is 19.4 Å². The summed E-state index contributed by atoms with van der Waals surface area (Å²) < 4.78 is 76.8. The van der Waals surface area contributed by atoms with Crippen LogP contribution in [-0.4, -0.2) is 38.5 Å². The van der Waals surface area contributed by atoms with Crippen molar-refractivity contribution in [3.8, 4) is 11.8 Å². The lowest BCUT2D eigenvalue weighted by Gasteiger charge is -2.14. The zero-order chi connectivity index (χ0) is 22.2. The Morgan fingerprint density at radius 3 is 2.61 bits per heavy atom. The standard InChI is InChI=1S/C20H18F3N3O4S/c1-29-20-16(9-13(21)19(25-20)30-10-18(22)23)26-31(27,28)17-4-2-3-15-12(17)7-8-14(24-15)11-5-6-11/h2-4,7-9,11,18,26H,5-6,10H2,1H3. The molecule has 1 aromatic carbocycles. The van der Waals surface area contributed by atoms with Crippen molar-refractivity contribution in [1.29, 1.82) is 0 Å². The van der Waals surface area contributed by atoms with Gasteiger partial charge in [-0.05, 0) is 37.1 Å². The van der Waals surface area contributed by atoms with Crippen LogP contribution in [0.3, 0.4) is 0 Å². The third kappa shape index (κ3) is 4.50. The Kier molecular flexibility index (Phi) is 5.61. The number of rotatable bonds is 8. The van der Waals surface area contributed by atoms with Crippen molar-refractivity contribution in [2.24, 2.45) is 0 Å². The summed E-state index contributed by atoms with van der Waals surface area (Å²) in [5.74, 6) is -1.76. The SMILES string of the molecule is COc1nc(OCC(F)F)c(F)cc1NS(=O)(=O)c1cccc2nc(C3CC3)ccc12. The first kappa shape index (κ1) is 21.2. The minimum atomic E-state index is -4.18. The van der Waals surface area contributed by atoms with Crippen LogP contribution in [0, 0.1) is 5.82 Å². The third-order valence-corrected chi connectivity index (χ3v) is 6.11. The lowest BCUT2D eigenvalue weighted by Crippen LogP contribution is -2.16. The average Bonchev–Trinajstić information content (AvgIpc) is 3.57. The van der Waals surface area contributed by atoms with Crippen LogP contribution in [0.4, 0.5) is 18.9 Å². The molecule has 1 N–H and O–H groups in total. The van der Waals surface area contributed by atoms with Crippen molar-refractivity contribution < 1.29 is 31.1 Å². The molecule has 1 saturated carbocycles. The van der Waals surface area contributed by atoms with Gasteiger partial charge in [-0.15, -0.1) is 0 Å². The molecule has 2 heterocycles. The van der Waals surface area contributed by atoms with E-state index in [9.17, 15) is 21.6 Å². The van der Waals surface area contributed by atoms with E-state index in [0.29, 0.717) is 16.8 Å². The van der Waals surface area contributed by atoms with Crippen LogP contribution < -0.4 is 14.2 Å². The van der Waals surface area contributed by atoms with Gasteiger partial charge in [0.25, 0.3) is 22.3 Å². The number of pyridine rings is 2. The summed E-state index contributed by atoms with van der Waals surface area (Å²) in [6.45, 7) is -1.07. The van der Waals surface area contributed by atoms with Gasteiger partial charge in [0.15, 0.2) is 12.4 Å². The molecule has 0 radical (unpaired) electrons. The minimum absolute atomic E-state index is 0.0552. The maximum Gasteiger partial charge on any atom is 0.272 e. The first-order valence-corrected chi connectivity index (χ1v) is 10.8. The molecule has 1 aliphatic rings. The lowest BCUT2D eigenvalue weighted by molar-refractivity contribution is 0.0770. The highest BCUT2D eigenvalue weighted by Crippen LogP contribution is 2.40. The molecular formula is C20H18F3N3O4S. The van der Waals surface area contributed by atoms with E-state index in [1.54, 1.807) is 24.3 Å². The second-order valence-electron chi connectivity index (χ2n) is 6.97. The maximum absolute atomic E-state index is 14.2. The van der Waals surface area contributed by atoms with Crippen LogP contribution >= 0.6 is 0 Å². The van der Waals surface area contributed by atoms with Gasteiger partial charge in [0, 0.05) is 23.1 Å². The van der Waals surface area contributed by atoms with Crippen molar-refractivity contribution in [3.63, 3.8) is 0 Å². The Morgan fingerprint density at radius 2 is 1.94 bits per heavy atom. The lowest BCUT2D eigenvalue weighted by atomic mass is 10.1. The Hall–Kier alpha value is -3.08. The number of anilines is 1. The van der Waals surface area contributed by atoms with Gasteiger partial charge in [0.2, 0.25) is 5.88 Å². The van der Waals surface area contributed by atoms with Crippen LogP contribution in [0.5, 0.6) is 11.8 Å². The van der Waals surface area contributed by atoms with Gasteiger partial charge in [0.05, 0.1) is 17.5 Å². The largest absolute Gasteiger partial charge is 0.479 e. The highest BCUT2D eigenvalue weighted by molar-refractivity contribution is 7.93. The highest BCUT2D eigenvalue weighted by atomic mass is 32.2. The van der Waals surface area contributed by atoms with Gasteiger partial charge in [-0.3, -0.25) is 9.71 Å². The number of alkyl halides is 2. The van der Waals surface area contributed by atoms with E-state index in [-0.39, 0.29) is 16.5 Å². The summed E-state index contributed by atoms with van der Waals surface area (Å²) in [4.78, 5) is 8.14. The molecule has 1 aliphatic carbocycles. The second kappa shape index (κ2) is 8.22. The fraction of sp³-hybridized carbons (Fsp3) is 0.300. The van der Waals surface area contributed by atoms with Crippen LogP contribution in [-0.2, 0) is 10.0 Å². The molecule has 4 rings (SSSR count). The third-order valence-electron chi connectivity index (χ3n) is 4.69. The van der Waals surface area contributed by atoms with E-state index < -0.39 is 34.8 Å². The molecule has 0 spiro atoms. The number of methoxy groups -OCH3 is 1. The predicted molar refractivity (Wildman–Crippen MR) is 107 cm³/mol. The Bertz CT molecular complexity index is 1230. The maximum atomic E-state index is 14.2. The summed E-state index contributed by atoms with van der Waals surface area (Å²) in [7, 11) is -3.01. The van der Waals surface area contributed by atoms with E-state index in [1.807, 2.05) is 0 Å². The molecule has 164 valence electrons. The summed E-state index contributed by atoms with van der Waals surface area (Å²) >= 11 is 0. The molecule has 0 unspecified atom stereocenters. The molecule has 0 bridgehead atoms. The number of ether oxygens (including phenoxy) is 2. The number of benzene rings is 1. The summed E-state index contributed by atoms with van der Waals surface area (Å²) in [5, 5.41) is 0.406. The van der Waals surface area contributed by atoms with Gasteiger partial charge in [0.1, 0.15) is 5.69 Å². The average molecular weight is 453 g/mol. The van der Waals surface area contributed by atoms with Crippen molar-refractivity contribution in [3.05, 3.63) is 47.9 Å². The molecule has 0 aliphatic heterocycles. The van der Waals surface area contributed by atoms with Crippen LogP contribution in [0.1, 0.15) is 24.5 Å². The quantitative estimate of drug-likeness (QED) is 0.552. The van der Waals surface area contributed by atoms with Crippen LogP contribution in [0.25, 0.3) is 10.9 Å². The molecular weight excluding hydrogens is 435 g/mol. The van der Waals surface area contributed by atoms with Gasteiger partial charge in [-0.2, -0.15) is 4.98 Å². The van der Waals surface area contributed by atoms with Gasteiger partial charge < -0.3 is 9.47 Å². The first-order valence-electron chi connectivity index (χ1n) is 9.36. The Balaban J connectivity index is 1.68. The van der Waals surface area contributed by atoms with Crippen molar-refractivity contribution >= 4 is 26.6 Å².